The molecule has 1 aromatic carbocycles. The zero-order valence-corrected chi connectivity index (χ0v) is 14.2. The molecule has 0 radical (unpaired) electrons. The number of hydrogen-bond acceptors (Lipinski definition) is 4. The molecule has 1 fully saturated rings. The third-order valence-electron chi connectivity index (χ3n) is 4.61. The van der Waals surface area contributed by atoms with E-state index in [2.05, 4.69) is 5.32 Å². The van der Waals surface area contributed by atoms with Crippen molar-refractivity contribution in [3.8, 4) is 0 Å². The summed E-state index contributed by atoms with van der Waals surface area (Å²) in [4.78, 5) is 12.1. The van der Waals surface area contributed by atoms with Gasteiger partial charge in [0.15, 0.2) is 9.84 Å². The predicted octanol–water partition coefficient (Wildman–Crippen LogP) is 2.14. The Morgan fingerprint density at radius 1 is 1.35 bits per heavy atom. The van der Waals surface area contributed by atoms with E-state index in [4.69, 9.17) is 4.42 Å². The maximum absolute atomic E-state index is 12.1. The highest BCUT2D eigenvalue weighted by Gasteiger charge is 2.28. The Bertz CT molecular complexity index is 851. The van der Waals surface area contributed by atoms with Crippen LogP contribution >= 0.6 is 0 Å². The van der Waals surface area contributed by atoms with Crippen molar-refractivity contribution in [2.45, 2.75) is 26.7 Å². The third-order valence-corrected chi connectivity index (χ3v) is 6.44. The Kier molecular flexibility index (Phi) is 4.19. The molecular formula is C17H21NO4S. The van der Waals surface area contributed by atoms with E-state index < -0.39 is 9.84 Å². The molecule has 1 unspecified atom stereocenters. The van der Waals surface area contributed by atoms with Crippen molar-refractivity contribution in [1.29, 1.82) is 0 Å². The molecule has 1 aliphatic rings. The number of amides is 1. The monoisotopic (exact) mass is 335 g/mol. The zero-order chi connectivity index (χ0) is 16.6. The van der Waals surface area contributed by atoms with Gasteiger partial charge < -0.3 is 9.73 Å². The van der Waals surface area contributed by atoms with Crippen molar-refractivity contribution < 1.29 is 17.6 Å². The quantitative estimate of drug-likeness (QED) is 0.929. The number of carbonyl (C=O) groups excluding carboxylic acids is 1. The number of furan rings is 1. The van der Waals surface area contributed by atoms with Crippen LogP contribution in [0.25, 0.3) is 11.0 Å². The van der Waals surface area contributed by atoms with Gasteiger partial charge in [-0.3, -0.25) is 4.79 Å². The van der Waals surface area contributed by atoms with Crippen LogP contribution in [0.4, 0.5) is 0 Å². The average Bonchev–Trinajstić information content (AvgIpc) is 3.05. The molecule has 2 aromatic rings. The number of benzene rings is 1. The molecule has 0 spiro atoms. The van der Waals surface area contributed by atoms with Crippen LogP contribution < -0.4 is 5.32 Å². The molecule has 0 saturated carbocycles. The minimum absolute atomic E-state index is 0.0370. The van der Waals surface area contributed by atoms with Crippen LogP contribution in [0.5, 0.6) is 0 Å². The highest BCUT2D eigenvalue weighted by molar-refractivity contribution is 7.91. The molecule has 1 atom stereocenters. The fourth-order valence-corrected chi connectivity index (χ4v) is 4.91. The van der Waals surface area contributed by atoms with Gasteiger partial charge in [0.2, 0.25) is 5.91 Å². The second-order valence-corrected chi connectivity index (χ2v) is 8.62. The van der Waals surface area contributed by atoms with Crippen molar-refractivity contribution in [2.75, 3.05) is 18.1 Å². The lowest BCUT2D eigenvalue weighted by Gasteiger charge is -2.09. The smallest absolute Gasteiger partial charge is 0.224 e. The summed E-state index contributed by atoms with van der Waals surface area (Å²) in [5.41, 5.74) is 3.94. The summed E-state index contributed by atoms with van der Waals surface area (Å²) in [5, 5.41) is 3.81. The molecule has 5 nitrogen and oxygen atoms in total. The molecule has 124 valence electrons. The first kappa shape index (κ1) is 16.1. The van der Waals surface area contributed by atoms with Gasteiger partial charge in [0.1, 0.15) is 5.58 Å². The standard InChI is InChI=1S/C17H21NO4S/c1-11-3-4-15-14(9-22-17(15)12(11)2)7-16(19)18-8-13-5-6-23(20,21)10-13/h3-4,9,13H,5-8,10H2,1-2H3,(H,18,19). The van der Waals surface area contributed by atoms with Crippen molar-refractivity contribution in [2.24, 2.45) is 5.92 Å². The van der Waals surface area contributed by atoms with Gasteiger partial charge >= 0.3 is 0 Å². The van der Waals surface area contributed by atoms with Crippen LogP contribution in [0, 0.1) is 19.8 Å². The molecule has 1 aliphatic heterocycles. The van der Waals surface area contributed by atoms with Crippen molar-refractivity contribution in [3.63, 3.8) is 0 Å². The van der Waals surface area contributed by atoms with E-state index in [0.717, 1.165) is 27.7 Å². The van der Waals surface area contributed by atoms with Crippen LogP contribution in [0.1, 0.15) is 23.1 Å². The summed E-state index contributed by atoms with van der Waals surface area (Å²) < 4.78 is 28.5. The first-order chi connectivity index (χ1) is 10.9. The van der Waals surface area contributed by atoms with Gasteiger partial charge in [0, 0.05) is 17.5 Å². The molecule has 3 rings (SSSR count). The Morgan fingerprint density at radius 2 is 2.13 bits per heavy atom. The largest absolute Gasteiger partial charge is 0.464 e. The Balaban J connectivity index is 1.63. The predicted molar refractivity (Wildman–Crippen MR) is 89.2 cm³/mol. The summed E-state index contributed by atoms with van der Waals surface area (Å²) in [6, 6.07) is 4.01. The number of sulfone groups is 1. The molecule has 1 aromatic heterocycles. The number of rotatable bonds is 4. The Morgan fingerprint density at radius 3 is 2.83 bits per heavy atom. The fraction of sp³-hybridized carbons (Fsp3) is 0.471. The second kappa shape index (κ2) is 6.00. The number of carbonyl (C=O) groups is 1. The average molecular weight is 335 g/mol. The van der Waals surface area contributed by atoms with Gasteiger partial charge in [-0.25, -0.2) is 8.42 Å². The van der Waals surface area contributed by atoms with Crippen molar-refractivity contribution in [1.82, 2.24) is 5.32 Å². The van der Waals surface area contributed by atoms with E-state index >= 15 is 0 Å². The van der Waals surface area contributed by atoms with E-state index in [1.807, 2.05) is 26.0 Å². The molecule has 1 saturated heterocycles. The first-order valence-corrected chi connectivity index (χ1v) is 9.61. The Labute approximate surface area is 136 Å². The topological polar surface area (TPSA) is 76.4 Å². The lowest BCUT2D eigenvalue weighted by atomic mass is 10.0. The second-order valence-electron chi connectivity index (χ2n) is 6.40. The molecule has 23 heavy (non-hydrogen) atoms. The summed E-state index contributed by atoms with van der Waals surface area (Å²) in [6.07, 6.45) is 2.52. The van der Waals surface area contributed by atoms with Gasteiger partial charge in [0.05, 0.1) is 24.2 Å². The van der Waals surface area contributed by atoms with Gasteiger partial charge in [-0.05, 0) is 37.3 Å². The number of nitrogens with one attached hydrogen (secondary N) is 1. The van der Waals surface area contributed by atoms with Crippen molar-refractivity contribution in [3.05, 3.63) is 35.1 Å². The maximum Gasteiger partial charge on any atom is 0.224 e. The van der Waals surface area contributed by atoms with Crippen LogP contribution in [-0.4, -0.2) is 32.4 Å². The molecule has 0 bridgehead atoms. The molecule has 1 amide bonds. The zero-order valence-electron chi connectivity index (χ0n) is 13.4. The SMILES string of the molecule is Cc1ccc2c(CC(=O)NCC3CCS(=O)(=O)C3)coc2c1C. The summed E-state index contributed by atoms with van der Waals surface area (Å²) in [5.74, 6) is 0.351. The van der Waals surface area contributed by atoms with Crippen LogP contribution in [-0.2, 0) is 21.1 Å². The van der Waals surface area contributed by atoms with Crippen molar-refractivity contribution >= 4 is 26.7 Å². The lowest BCUT2D eigenvalue weighted by molar-refractivity contribution is -0.120. The van der Waals surface area contributed by atoms with Gasteiger partial charge in [-0.1, -0.05) is 12.1 Å². The summed E-state index contributed by atoms with van der Waals surface area (Å²) in [7, 11) is -2.90. The molecule has 1 N–H and O–H groups in total. The first-order valence-electron chi connectivity index (χ1n) is 7.79. The van der Waals surface area contributed by atoms with E-state index in [0.29, 0.717) is 13.0 Å². The Hall–Kier alpha value is -1.82. The van der Waals surface area contributed by atoms with Gasteiger partial charge in [-0.15, -0.1) is 0 Å². The minimum Gasteiger partial charge on any atom is -0.464 e. The highest BCUT2D eigenvalue weighted by Crippen LogP contribution is 2.26. The van der Waals surface area contributed by atoms with Gasteiger partial charge in [0.25, 0.3) is 0 Å². The van der Waals surface area contributed by atoms with Gasteiger partial charge in [-0.2, -0.15) is 0 Å². The van der Waals surface area contributed by atoms with Crippen LogP contribution in [0.15, 0.2) is 22.8 Å². The minimum atomic E-state index is -2.90. The van der Waals surface area contributed by atoms with E-state index in [1.165, 1.54) is 0 Å². The number of aryl methyl sites for hydroxylation is 2. The van der Waals surface area contributed by atoms with Crippen LogP contribution in [0.3, 0.4) is 0 Å². The fourth-order valence-electron chi connectivity index (χ4n) is 3.05. The normalized spacial score (nSPS) is 20.0. The summed E-state index contributed by atoms with van der Waals surface area (Å²) in [6.45, 7) is 4.46. The molecule has 6 heteroatoms. The van der Waals surface area contributed by atoms with E-state index in [-0.39, 0.29) is 29.8 Å². The molecule has 2 heterocycles. The number of fused-ring (bicyclic) bond motifs is 1. The lowest BCUT2D eigenvalue weighted by Crippen LogP contribution is -2.30. The molecule has 0 aliphatic carbocycles. The highest BCUT2D eigenvalue weighted by atomic mass is 32.2. The third kappa shape index (κ3) is 3.42. The van der Waals surface area contributed by atoms with Crippen LogP contribution in [0.2, 0.25) is 0 Å². The summed E-state index contributed by atoms with van der Waals surface area (Å²) >= 11 is 0. The number of hydrogen-bond donors (Lipinski definition) is 1. The van der Waals surface area contributed by atoms with E-state index in [9.17, 15) is 13.2 Å². The maximum atomic E-state index is 12.1. The molecular weight excluding hydrogens is 314 g/mol. The van der Waals surface area contributed by atoms with E-state index in [1.54, 1.807) is 6.26 Å².